The summed E-state index contributed by atoms with van der Waals surface area (Å²) in [6, 6.07) is 10.1. The molecule has 1 unspecified atom stereocenters. The Hall–Kier alpha value is -1.09. The van der Waals surface area contributed by atoms with E-state index in [1.165, 1.54) is 11.1 Å². The van der Waals surface area contributed by atoms with Gasteiger partial charge in [-0.2, -0.15) is 0 Å². The van der Waals surface area contributed by atoms with Crippen LogP contribution < -0.4 is 5.32 Å². The first kappa shape index (κ1) is 14.3. The molecule has 2 nitrogen and oxygen atoms in total. The zero-order valence-corrected chi connectivity index (χ0v) is 12.5. The molecule has 1 aromatic carbocycles. The molecule has 2 aromatic rings. The molecule has 4 heteroatoms. The topological polar surface area (TPSA) is 24.9 Å². The van der Waals surface area contributed by atoms with Crippen molar-refractivity contribution in [3.05, 3.63) is 63.4 Å². The fourth-order valence-electron chi connectivity index (χ4n) is 2.08. The number of rotatable bonds is 4. The maximum Gasteiger partial charge on any atom is 0.0763 e. The maximum atomic E-state index is 6.22. The Balaban J connectivity index is 2.28. The molecule has 0 saturated carbocycles. The van der Waals surface area contributed by atoms with Crippen LogP contribution in [0.4, 0.5) is 0 Å². The van der Waals surface area contributed by atoms with Gasteiger partial charge in [0.25, 0.3) is 0 Å². The van der Waals surface area contributed by atoms with Crippen LogP contribution >= 0.6 is 23.2 Å². The van der Waals surface area contributed by atoms with Gasteiger partial charge in [0.15, 0.2) is 0 Å². The van der Waals surface area contributed by atoms with Gasteiger partial charge in [0, 0.05) is 6.20 Å². The lowest BCUT2D eigenvalue weighted by Gasteiger charge is -2.18. The second-order valence-electron chi connectivity index (χ2n) is 4.49. The number of aromatic nitrogens is 1. The van der Waals surface area contributed by atoms with E-state index < -0.39 is 0 Å². The van der Waals surface area contributed by atoms with E-state index in [2.05, 4.69) is 29.4 Å². The Morgan fingerprint density at radius 3 is 2.63 bits per heavy atom. The van der Waals surface area contributed by atoms with Crippen molar-refractivity contribution in [2.45, 2.75) is 19.4 Å². The van der Waals surface area contributed by atoms with Crippen LogP contribution in [-0.4, -0.2) is 12.0 Å². The van der Waals surface area contributed by atoms with Crippen molar-refractivity contribution in [1.82, 2.24) is 10.3 Å². The van der Waals surface area contributed by atoms with E-state index in [0.29, 0.717) is 10.0 Å². The summed E-state index contributed by atoms with van der Waals surface area (Å²) in [5.41, 5.74) is 3.39. The van der Waals surface area contributed by atoms with E-state index in [1.54, 1.807) is 12.3 Å². The molecule has 0 aliphatic heterocycles. The Morgan fingerprint density at radius 1 is 1.26 bits per heavy atom. The predicted octanol–water partition coefficient (Wildman–Crippen LogP) is 4.20. The van der Waals surface area contributed by atoms with Crippen LogP contribution in [0.25, 0.3) is 0 Å². The molecule has 2 rings (SSSR count). The fourth-order valence-corrected chi connectivity index (χ4v) is 2.59. The molecule has 0 saturated heterocycles. The van der Waals surface area contributed by atoms with Crippen LogP contribution in [0.2, 0.25) is 10.0 Å². The highest BCUT2D eigenvalue weighted by molar-refractivity contribution is 6.34. The standard InChI is InChI=1S/C15H16Cl2N2/c1-10-5-3-4-6-11(10)7-14(18-2)15-13(17)8-12(16)9-19-15/h3-6,8-9,14,18H,7H2,1-2H3. The lowest BCUT2D eigenvalue weighted by molar-refractivity contribution is 0.575. The summed E-state index contributed by atoms with van der Waals surface area (Å²) in [4.78, 5) is 4.35. The zero-order valence-electron chi connectivity index (χ0n) is 11.0. The van der Waals surface area contributed by atoms with Crippen molar-refractivity contribution >= 4 is 23.2 Å². The summed E-state index contributed by atoms with van der Waals surface area (Å²) in [6.07, 6.45) is 2.47. The second-order valence-corrected chi connectivity index (χ2v) is 5.34. The predicted molar refractivity (Wildman–Crippen MR) is 80.9 cm³/mol. The molecule has 0 bridgehead atoms. The van der Waals surface area contributed by atoms with Crippen LogP contribution in [0.15, 0.2) is 36.5 Å². The van der Waals surface area contributed by atoms with E-state index in [9.17, 15) is 0 Å². The molecule has 1 aromatic heterocycles. The molecule has 1 heterocycles. The molecule has 19 heavy (non-hydrogen) atoms. The number of nitrogens with zero attached hydrogens (tertiary/aromatic N) is 1. The number of benzene rings is 1. The van der Waals surface area contributed by atoms with Gasteiger partial charge in [0.2, 0.25) is 0 Å². The minimum atomic E-state index is 0.0749. The van der Waals surface area contributed by atoms with Crippen LogP contribution in [0.3, 0.4) is 0 Å². The van der Waals surface area contributed by atoms with Crippen molar-refractivity contribution in [1.29, 1.82) is 0 Å². The number of halogens is 2. The Morgan fingerprint density at radius 2 is 2.00 bits per heavy atom. The molecule has 1 atom stereocenters. The minimum absolute atomic E-state index is 0.0749. The first-order valence-electron chi connectivity index (χ1n) is 6.14. The van der Waals surface area contributed by atoms with Gasteiger partial charge in [0.05, 0.1) is 21.8 Å². The van der Waals surface area contributed by atoms with Crippen molar-refractivity contribution in [2.24, 2.45) is 0 Å². The van der Waals surface area contributed by atoms with Crippen LogP contribution in [0, 0.1) is 6.92 Å². The highest BCUT2D eigenvalue weighted by Gasteiger charge is 2.16. The van der Waals surface area contributed by atoms with Crippen molar-refractivity contribution in [2.75, 3.05) is 7.05 Å². The molecule has 0 spiro atoms. The van der Waals surface area contributed by atoms with Gasteiger partial charge < -0.3 is 5.32 Å². The van der Waals surface area contributed by atoms with E-state index >= 15 is 0 Å². The van der Waals surface area contributed by atoms with Gasteiger partial charge >= 0.3 is 0 Å². The minimum Gasteiger partial charge on any atom is -0.311 e. The van der Waals surface area contributed by atoms with Crippen molar-refractivity contribution in [3.8, 4) is 0 Å². The lowest BCUT2D eigenvalue weighted by atomic mass is 9.99. The normalized spacial score (nSPS) is 12.4. The quantitative estimate of drug-likeness (QED) is 0.914. The van der Waals surface area contributed by atoms with E-state index in [0.717, 1.165) is 12.1 Å². The molecular weight excluding hydrogens is 279 g/mol. The number of nitrogens with one attached hydrogen (secondary N) is 1. The van der Waals surface area contributed by atoms with Crippen molar-refractivity contribution < 1.29 is 0 Å². The first-order valence-corrected chi connectivity index (χ1v) is 6.90. The molecule has 0 fully saturated rings. The van der Waals surface area contributed by atoms with E-state index in [-0.39, 0.29) is 6.04 Å². The first-order chi connectivity index (χ1) is 9.11. The van der Waals surface area contributed by atoms with Gasteiger partial charge in [-0.1, -0.05) is 47.5 Å². The maximum absolute atomic E-state index is 6.22. The fraction of sp³-hybridized carbons (Fsp3) is 0.267. The third kappa shape index (κ3) is 3.47. The molecule has 1 N–H and O–H groups in total. The molecule has 0 aliphatic carbocycles. The highest BCUT2D eigenvalue weighted by atomic mass is 35.5. The van der Waals surface area contributed by atoms with Gasteiger partial charge in [-0.05, 0) is 37.6 Å². The van der Waals surface area contributed by atoms with Crippen molar-refractivity contribution in [3.63, 3.8) is 0 Å². The summed E-state index contributed by atoms with van der Waals surface area (Å²) in [7, 11) is 1.91. The number of hydrogen-bond donors (Lipinski definition) is 1. The molecule has 0 aliphatic rings. The summed E-state index contributed by atoms with van der Waals surface area (Å²) < 4.78 is 0. The average Bonchev–Trinajstić information content (AvgIpc) is 2.39. The smallest absolute Gasteiger partial charge is 0.0763 e. The third-order valence-electron chi connectivity index (χ3n) is 3.20. The lowest BCUT2D eigenvalue weighted by Crippen LogP contribution is -2.20. The van der Waals surface area contributed by atoms with Gasteiger partial charge in [-0.25, -0.2) is 0 Å². The SMILES string of the molecule is CNC(Cc1ccccc1C)c1ncc(Cl)cc1Cl. The largest absolute Gasteiger partial charge is 0.311 e. The third-order valence-corrected chi connectivity index (χ3v) is 3.71. The Labute approximate surface area is 123 Å². The zero-order chi connectivity index (χ0) is 13.8. The summed E-state index contributed by atoms with van der Waals surface area (Å²) >= 11 is 12.1. The number of aryl methyl sites for hydroxylation is 1. The molecular formula is C15H16Cl2N2. The number of pyridine rings is 1. The Kier molecular flexibility index (Phi) is 4.81. The average molecular weight is 295 g/mol. The van der Waals surface area contributed by atoms with Gasteiger partial charge in [-0.3, -0.25) is 4.98 Å². The summed E-state index contributed by atoms with van der Waals surface area (Å²) in [6.45, 7) is 2.11. The monoisotopic (exact) mass is 294 g/mol. The van der Waals surface area contributed by atoms with Gasteiger partial charge in [-0.15, -0.1) is 0 Å². The Bertz CT molecular complexity index is 570. The van der Waals surface area contributed by atoms with Crippen LogP contribution in [0.5, 0.6) is 0 Å². The highest BCUT2D eigenvalue weighted by Crippen LogP contribution is 2.26. The summed E-state index contributed by atoms with van der Waals surface area (Å²) in [5.74, 6) is 0. The van der Waals surface area contributed by atoms with E-state index in [4.69, 9.17) is 23.2 Å². The van der Waals surface area contributed by atoms with E-state index in [1.807, 2.05) is 19.2 Å². The van der Waals surface area contributed by atoms with Gasteiger partial charge in [0.1, 0.15) is 0 Å². The van der Waals surface area contributed by atoms with Crippen LogP contribution in [-0.2, 0) is 6.42 Å². The molecule has 100 valence electrons. The number of likely N-dealkylation sites (N-methyl/N-ethyl adjacent to an activating group) is 1. The number of hydrogen-bond acceptors (Lipinski definition) is 2. The molecule has 0 amide bonds. The second kappa shape index (κ2) is 6.38. The molecule has 0 radical (unpaired) electrons. The van der Waals surface area contributed by atoms with Crippen LogP contribution in [0.1, 0.15) is 22.9 Å². The summed E-state index contributed by atoms with van der Waals surface area (Å²) in [5, 5.41) is 4.42.